The molecule has 1 saturated heterocycles. The highest BCUT2D eigenvalue weighted by Gasteiger charge is 2.28. The van der Waals surface area contributed by atoms with E-state index in [1.165, 1.54) is 42.8 Å². The first kappa shape index (κ1) is 14.0. The quantitative estimate of drug-likeness (QED) is 0.810. The smallest absolute Gasteiger partial charge is 0.0979 e. The van der Waals surface area contributed by atoms with Crippen molar-refractivity contribution < 1.29 is 0 Å². The van der Waals surface area contributed by atoms with Crippen molar-refractivity contribution in [1.29, 1.82) is 0 Å². The van der Waals surface area contributed by atoms with Crippen LogP contribution in [0.2, 0.25) is 0 Å². The number of hydrogen-bond donors (Lipinski definition) is 0. The van der Waals surface area contributed by atoms with Gasteiger partial charge in [0.05, 0.1) is 6.04 Å². The van der Waals surface area contributed by atoms with Crippen molar-refractivity contribution in [2.45, 2.75) is 32.7 Å². The maximum atomic E-state index is 2.55. The molecule has 0 bridgehead atoms. The van der Waals surface area contributed by atoms with Gasteiger partial charge in [0.2, 0.25) is 0 Å². The maximum Gasteiger partial charge on any atom is 0.0979 e. The van der Waals surface area contributed by atoms with Crippen molar-refractivity contribution in [3.05, 3.63) is 71.7 Å². The predicted molar refractivity (Wildman–Crippen MR) is 88.6 cm³/mol. The molecule has 2 heterocycles. The Bertz CT molecular complexity index is 560. The monoisotopic (exact) mass is 280 g/mol. The molecule has 2 heteroatoms. The molecule has 0 radical (unpaired) electrons. The standard InChI is InChI=1S/C19H24N2/c1-3-12-21-15-6-7-18(20-13-4-5-14-20)19(21)17-10-8-16(2)9-11-17/h3,6-12,15,19H,4-5,13-14H2,1-2H3. The Morgan fingerprint density at radius 2 is 1.81 bits per heavy atom. The summed E-state index contributed by atoms with van der Waals surface area (Å²) in [7, 11) is 0. The van der Waals surface area contributed by atoms with E-state index < -0.39 is 0 Å². The molecule has 0 N–H and O–H groups in total. The molecule has 1 unspecified atom stereocenters. The van der Waals surface area contributed by atoms with Crippen LogP contribution in [-0.4, -0.2) is 22.9 Å². The topological polar surface area (TPSA) is 6.48 Å². The van der Waals surface area contributed by atoms with Crippen LogP contribution in [0.5, 0.6) is 0 Å². The molecular formula is C19H24N2. The third-order valence-electron chi connectivity index (χ3n) is 4.29. The van der Waals surface area contributed by atoms with E-state index in [-0.39, 0.29) is 0 Å². The fourth-order valence-corrected chi connectivity index (χ4v) is 3.22. The van der Waals surface area contributed by atoms with Gasteiger partial charge in [-0.05, 0) is 44.4 Å². The Labute approximate surface area is 128 Å². The molecule has 0 aliphatic carbocycles. The second-order valence-electron chi connectivity index (χ2n) is 5.87. The van der Waals surface area contributed by atoms with Gasteiger partial charge < -0.3 is 9.80 Å². The summed E-state index contributed by atoms with van der Waals surface area (Å²) >= 11 is 0. The van der Waals surface area contributed by atoms with Crippen molar-refractivity contribution in [3.8, 4) is 0 Å². The van der Waals surface area contributed by atoms with Crippen LogP contribution in [0.3, 0.4) is 0 Å². The molecule has 0 saturated carbocycles. The highest BCUT2D eigenvalue weighted by molar-refractivity contribution is 5.35. The van der Waals surface area contributed by atoms with Gasteiger partial charge in [0.15, 0.2) is 0 Å². The summed E-state index contributed by atoms with van der Waals surface area (Å²) in [5.74, 6) is 0. The molecule has 1 aromatic carbocycles. The van der Waals surface area contributed by atoms with Gasteiger partial charge in [-0.1, -0.05) is 35.9 Å². The Kier molecular flexibility index (Phi) is 4.14. The second kappa shape index (κ2) is 6.21. The average Bonchev–Trinajstić information content (AvgIpc) is 3.03. The van der Waals surface area contributed by atoms with E-state index in [4.69, 9.17) is 0 Å². The number of likely N-dealkylation sites (tertiary alicyclic amines) is 1. The van der Waals surface area contributed by atoms with Crippen LogP contribution in [0.1, 0.15) is 36.9 Å². The summed E-state index contributed by atoms with van der Waals surface area (Å²) in [4.78, 5) is 4.86. The van der Waals surface area contributed by atoms with Crippen molar-refractivity contribution >= 4 is 0 Å². The van der Waals surface area contributed by atoms with E-state index in [1.807, 2.05) is 0 Å². The number of hydrogen-bond acceptors (Lipinski definition) is 2. The molecule has 0 spiro atoms. The average molecular weight is 280 g/mol. The lowest BCUT2D eigenvalue weighted by Crippen LogP contribution is -2.31. The summed E-state index contributed by atoms with van der Waals surface area (Å²) in [6.07, 6.45) is 13.5. The van der Waals surface area contributed by atoms with Crippen LogP contribution in [-0.2, 0) is 0 Å². The van der Waals surface area contributed by atoms with E-state index in [0.717, 1.165) is 0 Å². The first-order valence-corrected chi connectivity index (χ1v) is 7.90. The lowest BCUT2D eigenvalue weighted by atomic mass is 9.98. The molecule has 1 aromatic rings. The highest BCUT2D eigenvalue weighted by atomic mass is 15.2. The summed E-state index contributed by atoms with van der Waals surface area (Å²) in [5, 5.41) is 0. The Hall–Kier alpha value is -1.96. The predicted octanol–water partition coefficient (Wildman–Crippen LogP) is 4.38. The largest absolute Gasteiger partial charge is 0.373 e. The highest BCUT2D eigenvalue weighted by Crippen LogP contribution is 2.35. The zero-order valence-electron chi connectivity index (χ0n) is 13.0. The van der Waals surface area contributed by atoms with Crippen LogP contribution >= 0.6 is 0 Å². The van der Waals surface area contributed by atoms with Gasteiger partial charge >= 0.3 is 0 Å². The molecule has 1 fully saturated rings. The molecule has 0 amide bonds. The molecule has 1 atom stereocenters. The van der Waals surface area contributed by atoms with Crippen molar-refractivity contribution in [2.75, 3.05) is 13.1 Å². The van der Waals surface area contributed by atoms with Gasteiger partial charge in [-0.15, -0.1) is 0 Å². The fourth-order valence-electron chi connectivity index (χ4n) is 3.22. The van der Waals surface area contributed by atoms with E-state index in [1.54, 1.807) is 0 Å². The van der Waals surface area contributed by atoms with Crippen molar-refractivity contribution in [3.63, 3.8) is 0 Å². The van der Waals surface area contributed by atoms with E-state index in [2.05, 4.69) is 78.5 Å². The number of nitrogens with zero attached hydrogens (tertiary/aromatic N) is 2. The SMILES string of the molecule is CC=CN1C=CC=C(N2CCCC2)C1c1ccc(C)cc1. The first-order valence-electron chi connectivity index (χ1n) is 7.90. The lowest BCUT2D eigenvalue weighted by Gasteiger charge is -2.37. The summed E-state index contributed by atoms with van der Waals surface area (Å²) in [6.45, 7) is 6.59. The van der Waals surface area contributed by atoms with Gasteiger partial charge in [-0.25, -0.2) is 0 Å². The molecule has 2 nitrogen and oxygen atoms in total. The van der Waals surface area contributed by atoms with E-state index in [0.29, 0.717) is 6.04 Å². The normalized spacial score (nSPS) is 22.2. The number of rotatable bonds is 3. The third kappa shape index (κ3) is 2.90. The summed E-state index contributed by atoms with van der Waals surface area (Å²) in [6, 6.07) is 9.25. The molecule has 3 rings (SSSR count). The second-order valence-corrected chi connectivity index (χ2v) is 5.87. The zero-order valence-corrected chi connectivity index (χ0v) is 13.0. The van der Waals surface area contributed by atoms with Crippen molar-refractivity contribution in [2.24, 2.45) is 0 Å². The Morgan fingerprint density at radius 1 is 1.10 bits per heavy atom. The van der Waals surface area contributed by atoms with Crippen LogP contribution in [0.15, 0.2) is 60.6 Å². The first-order chi connectivity index (χ1) is 10.3. The molecule has 0 aromatic heterocycles. The molecule has 2 aliphatic rings. The van der Waals surface area contributed by atoms with Gasteiger partial charge in [0, 0.05) is 31.2 Å². The minimum absolute atomic E-state index is 0.296. The minimum Gasteiger partial charge on any atom is -0.373 e. The van der Waals surface area contributed by atoms with Crippen LogP contribution < -0.4 is 0 Å². The summed E-state index contributed by atoms with van der Waals surface area (Å²) < 4.78 is 0. The Balaban J connectivity index is 1.97. The molecule has 2 aliphatic heterocycles. The van der Waals surface area contributed by atoms with E-state index in [9.17, 15) is 0 Å². The molecule has 110 valence electrons. The Morgan fingerprint density at radius 3 is 2.48 bits per heavy atom. The fraction of sp³-hybridized carbons (Fsp3) is 0.368. The van der Waals surface area contributed by atoms with Gasteiger partial charge in [0.1, 0.15) is 0 Å². The maximum absolute atomic E-state index is 2.55. The van der Waals surface area contributed by atoms with Gasteiger partial charge in [-0.2, -0.15) is 0 Å². The van der Waals surface area contributed by atoms with Crippen molar-refractivity contribution in [1.82, 2.24) is 9.80 Å². The van der Waals surface area contributed by atoms with Crippen LogP contribution in [0.4, 0.5) is 0 Å². The van der Waals surface area contributed by atoms with Crippen LogP contribution in [0, 0.1) is 6.92 Å². The minimum atomic E-state index is 0.296. The summed E-state index contributed by atoms with van der Waals surface area (Å²) in [5.41, 5.74) is 4.10. The zero-order chi connectivity index (χ0) is 14.7. The lowest BCUT2D eigenvalue weighted by molar-refractivity contribution is 0.306. The number of benzene rings is 1. The third-order valence-corrected chi connectivity index (χ3v) is 4.29. The van der Waals surface area contributed by atoms with E-state index >= 15 is 0 Å². The number of allylic oxidation sites excluding steroid dienone is 3. The molecular weight excluding hydrogens is 256 g/mol. The molecule has 21 heavy (non-hydrogen) atoms. The van der Waals surface area contributed by atoms with Gasteiger partial charge in [-0.3, -0.25) is 0 Å². The number of aryl methyl sites for hydroxylation is 1. The van der Waals surface area contributed by atoms with Crippen LogP contribution in [0.25, 0.3) is 0 Å². The van der Waals surface area contributed by atoms with Gasteiger partial charge in [0.25, 0.3) is 0 Å².